The van der Waals surface area contributed by atoms with Crippen molar-refractivity contribution in [1.82, 2.24) is 0 Å². The summed E-state index contributed by atoms with van der Waals surface area (Å²) in [7, 11) is 7.94. The number of nitrogens with zero attached hydrogens (tertiary/aromatic N) is 4. The predicted molar refractivity (Wildman–Crippen MR) is 192 cm³/mol. The second kappa shape index (κ2) is 15.3. The van der Waals surface area contributed by atoms with E-state index in [1.807, 2.05) is 106 Å². The van der Waals surface area contributed by atoms with Crippen molar-refractivity contribution in [2.45, 2.75) is 45.0 Å². The summed E-state index contributed by atoms with van der Waals surface area (Å²) in [5, 5.41) is 38.0. The van der Waals surface area contributed by atoms with Crippen LogP contribution < -0.4 is 0 Å². The average Bonchev–Trinajstić information content (AvgIpc) is 3.81. The van der Waals surface area contributed by atoms with Gasteiger partial charge in [-0.15, -0.1) is 0 Å². The second-order valence-electron chi connectivity index (χ2n) is 11.5. The van der Waals surface area contributed by atoms with Crippen molar-refractivity contribution < 1.29 is 14.4 Å². The van der Waals surface area contributed by atoms with Crippen LogP contribution in [0.2, 0.25) is 0 Å². The van der Waals surface area contributed by atoms with E-state index in [1.54, 1.807) is 0 Å². The van der Waals surface area contributed by atoms with Gasteiger partial charge in [-0.1, -0.05) is 0 Å². The Bertz CT molecular complexity index is 1720. The normalized spacial score (nSPS) is 21.6. The molecule has 0 N–H and O–H groups in total. The molecule has 4 nitrogen and oxygen atoms in total. The van der Waals surface area contributed by atoms with Crippen molar-refractivity contribution in [3.8, 4) is 24.3 Å². The van der Waals surface area contributed by atoms with Gasteiger partial charge in [0.2, 0.25) is 0 Å². The van der Waals surface area contributed by atoms with Gasteiger partial charge in [0.05, 0.1) is 0 Å². The Kier molecular flexibility index (Phi) is 11.0. The molecule has 4 atom stereocenters. The molecule has 0 spiro atoms. The molecule has 2 fully saturated rings. The van der Waals surface area contributed by atoms with E-state index in [9.17, 15) is 21.0 Å². The van der Waals surface area contributed by atoms with Crippen LogP contribution in [0.4, 0.5) is 0 Å². The van der Waals surface area contributed by atoms with Crippen molar-refractivity contribution in [3.05, 3.63) is 142 Å². The van der Waals surface area contributed by atoms with E-state index in [1.165, 1.54) is 22.3 Å². The fourth-order valence-corrected chi connectivity index (χ4v) is 17.6. The van der Waals surface area contributed by atoms with Crippen molar-refractivity contribution in [2.24, 2.45) is 0 Å². The summed E-state index contributed by atoms with van der Waals surface area (Å²) in [6.45, 7) is 0. The molecule has 0 radical (unpaired) electrons. The maximum absolute atomic E-state index is 9.56. The van der Waals surface area contributed by atoms with Gasteiger partial charge < -0.3 is 0 Å². The zero-order chi connectivity index (χ0) is 32.7. The van der Waals surface area contributed by atoms with Crippen molar-refractivity contribution in [1.29, 1.82) is 21.0 Å². The van der Waals surface area contributed by atoms with E-state index in [-0.39, 0.29) is 19.3 Å². The topological polar surface area (TPSA) is 95.2 Å². The summed E-state index contributed by atoms with van der Waals surface area (Å²) in [6.07, 6.45) is 3.75. The molecule has 2 saturated heterocycles. The number of hydrogen-bond donors (Lipinski definition) is 0. The van der Waals surface area contributed by atoms with E-state index >= 15 is 0 Å². The number of benzene rings is 4. The van der Waals surface area contributed by atoms with Gasteiger partial charge in [-0.25, -0.2) is 0 Å². The fraction of sp³-hybridized carbons (Fsp3) is 0.263. The van der Waals surface area contributed by atoms with Gasteiger partial charge >= 0.3 is 301 Å². The fourth-order valence-electron chi connectivity index (χ4n) is 6.10. The summed E-state index contributed by atoms with van der Waals surface area (Å²) < 4.78 is -0.264. The van der Waals surface area contributed by atoms with Gasteiger partial charge in [0.25, 0.3) is 0 Å². The summed E-state index contributed by atoms with van der Waals surface area (Å²) in [5.74, 6) is 2.47. The first-order valence-electron chi connectivity index (χ1n) is 15.2. The summed E-state index contributed by atoms with van der Waals surface area (Å²) >= 11 is 1.86. The molecule has 0 aromatic heterocycles. The van der Waals surface area contributed by atoms with Gasteiger partial charge in [-0.3, -0.25) is 0 Å². The van der Waals surface area contributed by atoms with Gasteiger partial charge in [-0.05, 0) is 0 Å². The monoisotopic (exact) mass is 728 g/mol. The number of nitriles is 4. The van der Waals surface area contributed by atoms with Crippen LogP contribution in [0, 0.1) is 45.3 Å². The van der Waals surface area contributed by atoms with Crippen LogP contribution in [0.15, 0.2) is 97.1 Å². The molecule has 2 aliphatic heterocycles. The van der Waals surface area contributed by atoms with E-state index in [0.717, 1.165) is 37.2 Å². The first-order valence-corrected chi connectivity index (χ1v) is 20.8. The third-order valence-electron chi connectivity index (χ3n) is 8.60. The molecule has 2 aliphatic rings. The Morgan fingerprint density at radius 1 is 0.511 bits per heavy atom. The first kappa shape index (κ1) is 33.6. The summed E-state index contributed by atoms with van der Waals surface area (Å²) in [6, 6.07) is 41.4. The summed E-state index contributed by atoms with van der Waals surface area (Å²) in [4.78, 5) is 0. The van der Waals surface area contributed by atoms with E-state index in [4.69, 9.17) is 0 Å². The molecule has 9 heteroatoms. The molecule has 0 bridgehead atoms. The average molecular weight is 730 g/mol. The molecule has 4 aromatic rings. The van der Waals surface area contributed by atoms with Crippen LogP contribution in [-0.2, 0) is 27.3 Å². The van der Waals surface area contributed by atoms with Gasteiger partial charge in [0.15, 0.2) is 0 Å². The second-order valence-corrected chi connectivity index (χ2v) is 19.5. The molecular weight excluding hydrogens is 699 g/mol. The van der Waals surface area contributed by atoms with Crippen LogP contribution >= 0.6 is 43.2 Å². The quantitative estimate of drug-likeness (QED) is 0.118. The number of hydrogen-bond acceptors (Lipinski definition) is 8. The Morgan fingerprint density at radius 3 is 1.11 bits per heavy atom. The molecule has 4 unspecified atom stereocenters. The Labute approximate surface area is 298 Å². The van der Waals surface area contributed by atoms with Crippen LogP contribution in [0.1, 0.15) is 69.2 Å². The van der Waals surface area contributed by atoms with Crippen LogP contribution in [0.25, 0.3) is 0 Å². The molecule has 47 heavy (non-hydrogen) atoms. The molecular formula is C38H30N4NiS4. The predicted octanol–water partition coefficient (Wildman–Crippen LogP) is 9.57. The number of rotatable bonds is 10. The maximum atomic E-state index is 9.56. The standard InChI is InChI=1S/2C19H15N2S2.Ni/c2*20-12-15-3-1-14(2-4-15)11-18(19-9-10-22-23-19)17-7-5-16(13-21)6-8-17;/h2*1-8,18H,9-11H2;. The Hall–Kier alpha value is -3.27. The first-order chi connectivity index (χ1) is 23.0. The van der Waals surface area contributed by atoms with Crippen molar-refractivity contribution in [2.75, 3.05) is 11.5 Å². The van der Waals surface area contributed by atoms with Crippen LogP contribution in [0.5, 0.6) is 0 Å². The Balaban J connectivity index is 1.44. The molecule has 0 aliphatic carbocycles. The zero-order valence-electron chi connectivity index (χ0n) is 25.4. The van der Waals surface area contributed by atoms with E-state index in [2.05, 4.69) is 72.8 Å². The summed E-state index contributed by atoms with van der Waals surface area (Å²) in [5.41, 5.74) is 7.49. The van der Waals surface area contributed by atoms with Gasteiger partial charge in [0, 0.05) is 0 Å². The molecule has 2 heterocycles. The molecule has 0 saturated carbocycles. The van der Waals surface area contributed by atoms with Crippen molar-refractivity contribution >= 4 is 43.2 Å². The van der Waals surface area contributed by atoms with Gasteiger partial charge in [-0.2, -0.15) is 0 Å². The minimum atomic E-state index is -0.132. The zero-order valence-corrected chi connectivity index (χ0v) is 29.6. The molecule has 0 amide bonds. The molecule has 4 aromatic carbocycles. The SMILES string of the molecule is N#Cc1ccc(CC(c2ccc(C#N)cc2)[C]2([Ni][C]3(C(Cc4ccc(C#N)cc4)c4ccc(C#N)cc4)CCSS3)CCSS2)cc1. The van der Waals surface area contributed by atoms with Crippen molar-refractivity contribution in [3.63, 3.8) is 0 Å². The Morgan fingerprint density at radius 2 is 0.830 bits per heavy atom. The van der Waals surface area contributed by atoms with E-state index < -0.39 is 0 Å². The van der Waals surface area contributed by atoms with Crippen LogP contribution in [0.3, 0.4) is 0 Å². The van der Waals surface area contributed by atoms with Gasteiger partial charge in [0.1, 0.15) is 0 Å². The molecule has 236 valence electrons. The third kappa shape index (κ3) is 7.58. The minimum absolute atomic E-state index is 0.132. The molecule has 6 rings (SSSR count). The van der Waals surface area contributed by atoms with E-state index in [0.29, 0.717) is 22.3 Å². The third-order valence-corrected chi connectivity index (χ3v) is 18.4. The van der Waals surface area contributed by atoms with Crippen LogP contribution in [-0.4, -0.2) is 18.9 Å².